The number of rotatable bonds is 10. The lowest BCUT2D eigenvalue weighted by atomic mass is 10.00. The van der Waals surface area contributed by atoms with E-state index in [1.807, 2.05) is 12.1 Å². The monoisotopic (exact) mass is 265 g/mol. The molecule has 3 nitrogen and oxygen atoms in total. The van der Waals surface area contributed by atoms with E-state index in [9.17, 15) is 5.11 Å². The maximum Gasteiger partial charge on any atom is 0.0790 e. The molecule has 1 aromatic carbocycles. The van der Waals surface area contributed by atoms with Crippen LogP contribution in [0.1, 0.15) is 55.8 Å². The molecule has 0 saturated heterocycles. The number of hydrogen-bond donors (Lipinski definition) is 3. The lowest BCUT2D eigenvalue weighted by Crippen LogP contribution is -2.00. The Morgan fingerprint density at radius 3 is 2.32 bits per heavy atom. The van der Waals surface area contributed by atoms with Crippen LogP contribution in [0, 0.1) is 0 Å². The Bertz CT molecular complexity index is 324. The van der Waals surface area contributed by atoms with E-state index in [1.54, 1.807) is 0 Å². The van der Waals surface area contributed by atoms with Gasteiger partial charge in [0, 0.05) is 6.61 Å². The van der Waals surface area contributed by atoms with Gasteiger partial charge in [-0.25, -0.2) is 0 Å². The van der Waals surface area contributed by atoms with Crippen LogP contribution in [0.2, 0.25) is 0 Å². The molecule has 1 aromatic rings. The van der Waals surface area contributed by atoms with Crippen molar-refractivity contribution in [2.24, 2.45) is 5.73 Å². The van der Waals surface area contributed by atoms with Crippen LogP contribution in [0.25, 0.3) is 0 Å². The van der Waals surface area contributed by atoms with Gasteiger partial charge < -0.3 is 15.9 Å². The van der Waals surface area contributed by atoms with Crippen LogP contribution in [-0.2, 0) is 6.42 Å². The Labute approximate surface area is 116 Å². The van der Waals surface area contributed by atoms with Gasteiger partial charge in [0.25, 0.3) is 0 Å². The molecule has 0 amide bonds. The predicted octanol–water partition coefficient (Wildman–Crippen LogP) is 2.55. The molecule has 0 aliphatic heterocycles. The van der Waals surface area contributed by atoms with E-state index in [1.165, 1.54) is 5.56 Å². The molecular weight excluding hydrogens is 238 g/mol. The average Bonchev–Trinajstić information content (AvgIpc) is 2.44. The number of nitrogens with two attached hydrogens (primary N) is 1. The molecule has 0 bridgehead atoms. The Morgan fingerprint density at radius 2 is 1.68 bits per heavy atom. The molecule has 0 fully saturated rings. The van der Waals surface area contributed by atoms with Gasteiger partial charge in [-0.05, 0) is 49.8 Å². The minimum absolute atomic E-state index is 0.263. The van der Waals surface area contributed by atoms with Gasteiger partial charge in [-0.2, -0.15) is 0 Å². The van der Waals surface area contributed by atoms with Crippen LogP contribution in [0.15, 0.2) is 24.3 Å². The summed E-state index contributed by atoms with van der Waals surface area (Å²) in [5.74, 6) is 0. The van der Waals surface area contributed by atoms with E-state index in [0.717, 1.165) is 57.1 Å². The van der Waals surface area contributed by atoms with E-state index in [4.69, 9.17) is 10.8 Å². The first-order chi connectivity index (χ1) is 9.27. The summed E-state index contributed by atoms with van der Waals surface area (Å²) < 4.78 is 0. The summed E-state index contributed by atoms with van der Waals surface area (Å²) in [5.41, 5.74) is 7.71. The van der Waals surface area contributed by atoms with Gasteiger partial charge in [0.05, 0.1) is 6.10 Å². The highest BCUT2D eigenvalue weighted by atomic mass is 16.3. The van der Waals surface area contributed by atoms with E-state index >= 15 is 0 Å². The van der Waals surface area contributed by atoms with E-state index in [2.05, 4.69) is 12.1 Å². The van der Waals surface area contributed by atoms with Crippen LogP contribution < -0.4 is 5.73 Å². The highest BCUT2D eigenvalue weighted by molar-refractivity contribution is 5.24. The van der Waals surface area contributed by atoms with Crippen molar-refractivity contribution in [2.75, 3.05) is 13.2 Å². The normalized spacial score (nSPS) is 12.6. The van der Waals surface area contributed by atoms with Crippen molar-refractivity contribution in [3.8, 4) is 0 Å². The first-order valence-electron chi connectivity index (χ1n) is 7.35. The van der Waals surface area contributed by atoms with E-state index in [0.29, 0.717) is 0 Å². The summed E-state index contributed by atoms with van der Waals surface area (Å²) in [6, 6.07) is 8.19. The fourth-order valence-corrected chi connectivity index (χ4v) is 2.17. The Hall–Kier alpha value is -0.900. The van der Waals surface area contributed by atoms with Crippen LogP contribution in [0.3, 0.4) is 0 Å². The van der Waals surface area contributed by atoms with E-state index in [-0.39, 0.29) is 12.7 Å². The van der Waals surface area contributed by atoms with Gasteiger partial charge in [0.15, 0.2) is 0 Å². The molecule has 1 unspecified atom stereocenters. The zero-order valence-corrected chi connectivity index (χ0v) is 11.7. The molecule has 0 aliphatic rings. The van der Waals surface area contributed by atoms with Gasteiger partial charge in [-0.1, -0.05) is 37.1 Å². The maximum absolute atomic E-state index is 10.1. The van der Waals surface area contributed by atoms with Gasteiger partial charge in [-0.15, -0.1) is 0 Å². The van der Waals surface area contributed by atoms with Crippen LogP contribution in [0.4, 0.5) is 0 Å². The van der Waals surface area contributed by atoms with Crippen LogP contribution in [-0.4, -0.2) is 23.4 Å². The molecule has 108 valence electrons. The molecule has 0 aliphatic carbocycles. The van der Waals surface area contributed by atoms with Crippen molar-refractivity contribution in [3.63, 3.8) is 0 Å². The smallest absolute Gasteiger partial charge is 0.0790 e. The maximum atomic E-state index is 10.1. The lowest BCUT2D eigenvalue weighted by Gasteiger charge is -2.11. The van der Waals surface area contributed by atoms with Crippen molar-refractivity contribution < 1.29 is 10.2 Å². The molecule has 4 N–H and O–H groups in total. The molecule has 0 aromatic heterocycles. The third-order valence-corrected chi connectivity index (χ3v) is 3.42. The lowest BCUT2D eigenvalue weighted by molar-refractivity contribution is 0.163. The molecule has 3 heteroatoms. The van der Waals surface area contributed by atoms with Crippen molar-refractivity contribution in [2.45, 2.75) is 51.0 Å². The summed E-state index contributed by atoms with van der Waals surface area (Å²) in [6.07, 6.45) is 6.46. The second kappa shape index (κ2) is 9.96. The quantitative estimate of drug-likeness (QED) is 0.570. The fraction of sp³-hybridized carbons (Fsp3) is 0.625. The Balaban J connectivity index is 2.33. The summed E-state index contributed by atoms with van der Waals surface area (Å²) >= 11 is 0. The highest BCUT2D eigenvalue weighted by Crippen LogP contribution is 2.20. The molecule has 0 heterocycles. The predicted molar refractivity (Wildman–Crippen MR) is 78.9 cm³/mol. The van der Waals surface area contributed by atoms with Gasteiger partial charge in [-0.3, -0.25) is 0 Å². The summed E-state index contributed by atoms with van der Waals surface area (Å²) in [5, 5.41) is 18.8. The third-order valence-electron chi connectivity index (χ3n) is 3.42. The van der Waals surface area contributed by atoms with Gasteiger partial charge >= 0.3 is 0 Å². The van der Waals surface area contributed by atoms with Crippen molar-refractivity contribution in [3.05, 3.63) is 35.4 Å². The second-order valence-corrected chi connectivity index (χ2v) is 5.08. The number of aryl methyl sites for hydroxylation is 1. The fourth-order valence-electron chi connectivity index (χ4n) is 2.17. The molecule has 0 spiro atoms. The molecule has 19 heavy (non-hydrogen) atoms. The second-order valence-electron chi connectivity index (χ2n) is 5.08. The van der Waals surface area contributed by atoms with Crippen LogP contribution >= 0.6 is 0 Å². The third kappa shape index (κ3) is 6.71. The van der Waals surface area contributed by atoms with E-state index < -0.39 is 0 Å². The summed E-state index contributed by atoms with van der Waals surface area (Å²) in [4.78, 5) is 0. The number of aliphatic hydroxyl groups excluding tert-OH is 2. The van der Waals surface area contributed by atoms with Gasteiger partial charge in [0.1, 0.15) is 0 Å². The van der Waals surface area contributed by atoms with Crippen molar-refractivity contribution in [1.29, 1.82) is 0 Å². The molecular formula is C16H27NO2. The number of aliphatic hydroxyl groups is 2. The summed E-state index contributed by atoms with van der Waals surface area (Å²) in [6.45, 7) is 0.998. The number of unbranched alkanes of at least 4 members (excludes halogenated alkanes) is 3. The van der Waals surface area contributed by atoms with Gasteiger partial charge in [0.2, 0.25) is 0 Å². The zero-order valence-electron chi connectivity index (χ0n) is 11.7. The minimum atomic E-state index is -0.357. The Morgan fingerprint density at radius 1 is 0.947 bits per heavy atom. The first kappa shape index (κ1) is 16.2. The molecule has 1 atom stereocenters. The Kier molecular flexibility index (Phi) is 8.47. The standard InChI is InChI=1S/C16H27NO2/c17-12-4-1-2-7-16(19)15-10-8-14(9-11-15)6-3-5-13-18/h8-11,16,18-19H,1-7,12-13,17H2. The molecule has 1 rings (SSSR count). The van der Waals surface area contributed by atoms with Crippen LogP contribution in [0.5, 0.6) is 0 Å². The SMILES string of the molecule is NCCCCCC(O)c1ccc(CCCCO)cc1. The first-order valence-corrected chi connectivity index (χ1v) is 7.35. The number of benzene rings is 1. The highest BCUT2D eigenvalue weighted by Gasteiger charge is 2.06. The summed E-state index contributed by atoms with van der Waals surface area (Å²) in [7, 11) is 0. The van der Waals surface area contributed by atoms with Crippen molar-refractivity contribution in [1.82, 2.24) is 0 Å². The molecule has 0 radical (unpaired) electrons. The average molecular weight is 265 g/mol. The largest absolute Gasteiger partial charge is 0.396 e. The number of hydrogen-bond acceptors (Lipinski definition) is 3. The zero-order chi connectivity index (χ0) is 13.9. The minimum Gasteiger partial charge on any atom is -0.396 e. The topological polar surface area (TPSA) is 66.5 Å². The molecule has 0 saturated carbocycles. The van der Waals surface area contributed by atoms with Crippen molar-refractivity contribution >= 4 is 0 Å².